The van der Waals surface area contributed by atoms with E-state index in [0.29, 0.717) is 17.5 Å². The van der Waals surface area contributed by atoms with Crippen molar-refractivity contribution in [1.29, 1.82) is 0 Å². The lowest BCUT2D eigenvalue weighted by Gasteiger charge is -2.36. The predicted molar refractivity (Wildman–Crippen MR) is 65.3 cm³/mol. The molecule has 1 aromatic heterocycles. The molecule has 1 saturated heterocycles. The third kappa shape index (κ3) is 3.28. The van der Waals surface area contributed by atoms with Crippen molar-refractivity contribution in [2.24, 2.45) is 0 Å². The van der Waals surface area contributed by atoms with Crippen molar-refractivity contribution in [3.8, 4) is 0 Å². The van der Waals surface area contributed by atoms with Crippen molar-refractivity contribution in [3.05, 3.63) is 17.5 Å². The Morgan fingerprint density at radius 2 is 2.18 bits per heavy atom. The zero-order valence-electron chi connectivity index (χ0n) is 9.78. The minimum absolute atomic E-state index is 0.167. The lowest BCUT2D eigenvalue weighted by atomic mass is 9.94. The molecule has 6 heteroatoms. The van der Waals surface area contributed by atoms with Gasteiger partial charge in [-0.2, -0.15) is 0 Å². The van der Waals surface area contributed by atoms with E-state index >= 15 is 0 Å². The molecule has 0 unspecified atom stereocenters. The molecule has 2 heterocycles. The molecule has 0 aromatic carbocycles. The SMILES string of the molecule is COC1(CNc2cnc(Cl)cn2)CCOCC1. The second-order valence-corrected chi connectivity index (χ2v) is 4.46. The molecule has 17 heavy (non-hydrogen) atoms. The van der Waals surface area contributed by atoms with Crippen LogP contribution >= 0.6 is 11.6 Å². The summed E-state index contributed by atoms with van der Waals surface area (Å²) in [6.07, 6.45) is 4.91. The minimum Gasteiger partial charge on any atom is -0.381 e. The summed E-state index contributed by atoms with van der Waals surface area (Å²) >= 11 is 5.67. The number of anilines is 1. The molecule has 1 N–H and O–H groups in total. The predicted octanol–water partition coefficient (Wildman–Crippen LogP) is 1.74. The van der Waals surface area contributed by atoms with Crippen molar-refractivity contribution in [3.63, 3.8) is 0 Å². The highest BCUT2D eigenvalue weighted by molar-refractivity contribution is 6.29. The maximum Gasteiger partial charge on any atom is 0.147 e. The minimum atomic E-state index is -0.167. The largest absolute Gasteiger partial charge is 0.381 e. The van der Waals surface area contributed by atoms with Crippen molar-refractivity contribution >= 4 is 17.4 Å². The van der Waals surface area contributed by atoms with Gasteiger partial charge in [0.1, 0.15) is 11.0 Å². The van der Waals surface area contributed by atoms with Gasteiger partial charge in [0.25, 0.3) is 0 Å². The van der Waals surface area contributed by atoms with Gasteiger partial charge in [0, 0.05) is 39.7 Å². The number of halogens is 1. The van der Waals surface area contributed by atoms with E-state index in [9.17, 15) is 0 Å². The summed E-state index contributed by atoms with van der Waals surface area (Å²) in [6.45, 7) is 2.17. The second-order valence-electron chi connectivity index (χ2n) is 4.08. The second kappa shape index (κ2) is 5.62. The Balaban J connectivity index is 1.93. The zero-order valence-corrected chi connectivity index (χ0v) is 10.5. The number of ether oxygens (including phenoxy) is 2. The lowest BCUT2D eigenvalue weighted by Crippen LogP contribution is -2.44. The molecular formula is C11H16ClN3O2. The van der Waals surface area contributed by atoms with E-state index in [1.54, 1.807) is 13.3 Å². The highest BCUT2D eigenvalue weighted by Gasteiger charge is 2.32. The summed E-state index contributed by atoms with van der Waals surface area (Å²) < 4.78 is 10.9. The molecule has 94 valence electrons. The van der Waals surface area contributed by atoms with E-state index in [1.807, 2.05) is 0 Å². The quantitative estimate of drug-likeness (QED) is 0.890. The van der Waals surface area contributed by atoms with Crippen LogP contribution in [0.2, 0.25) is 5.15 Å². The number of methoxy groups -OCH3 is 1. The van der Waals surface area contributed by atoms with Gasteiger partial charge in [-0.15, -0.1) is 0 Å². The third-order valence-electron chi connectivity index (χ3n) is 3.05. The van der Waals surface area contributed by atoms with E-state index in [-0.39, 0.29) is 5.60 Å². The van der Waals surface area contributed by atoms with Gasteiger partial charge < -0.3 is 14.8 Å². The fourth-order valence-electron chi connectivity index (χ4n) is 1.85. The first-order valence-corrected chi connectivity index (χ1v) is 5.96. The van der Waals surface area contributed by atoms with Crippen LogP contribution in [0.25, 0.3) is 0 Å². The van der Waals surface area contributed by atoms with Gasteiger partial charge in [0.15, 0.2) is 0 Å². The number of aromatic nitrogens is 2. The van der Waals surface area contributed by atoms with E-state index < -0.39 is 0 Å². The Labute approximate surface area is 105 Å². The topological polar surface area (TPSA) is 56.3 Å². The van der Waals surface area contributed by atoms with Crippen LogP contribution in [-0.2, 0) is 9.47 Å². The molecule has 0 saturated carbocycles. The van der Waals surface area contributed by atoms with Crippen molar-refractivity contribution in [1.82, 2.24) is 9.97 Å². The fraction of sp³-hybridized carbons (Fsp3) is 0.636. The molecule has 0 atom stereocenters. The zero-order chi connectivity index (χ0) is 12.1. The third-order valence-corrected chi connectivity index (χ3v) is 3.24. The molecule has 1 fully saturated rings. The Hall–Kier alpha value is -0.910. The monoisotopic (exact) mass is 257 g/mol. The van der Waals surface area contributed by atoms with Gasteiger partial charge in [0.2, 0.25) is 0 Å². The maximum absolute atomic E-state index is 5.67. The molecule has 0 bridgehead atoms. The van der Waals surface area contributed by atoms with Gasteiger partial charge in [0.05, 0.1) is 18.0 Å². The number of hydrogen-bond acceptors (Lipinski definition) is 5. The first-order chi connectivity index (χ1) is 8.24. The number of rotatable bonds is 4. The summed E-state index contributed by atoms with van der Waals surface area (Å²) in [4.78, 5) is 8.10. The summed E-state index contributed by atoms with van der Waals surface area (Å²) in [5, 5.41) is 3.61. The Kier molecular flexibility index (Phi) is 4.15. The highest BCUT2D eigenvalue weighted by Crippen LogP contribution is 2.24. The van der Waals surface area contributed by atoms with E-state index in [1.165, 1.54) is 6.20 Å². The van der Waals surface area contributed by atoms with Crippen LogP contribution < -0.4 is 5.32 Å². The summed E-state index contributed by atoms with van der Waals surface area (Å²) in [5.41, 5.74) is -0.167. The smallest absolute Gasteiger partial charge is 0.147 e. The standard InChI is InChI=1S/C11H16ClN3O2/c1-16-11(2-4-17-5-3-11)8-15-10-7-13-9(12)6-14-10/h6-7H,2-5,8H2,1H3,(H,14,15). The molecule has 0 spiro atoms. The number of nitrogens with one attached hydrogen (secondary N) is 1. The normalized spacial score (nSPS) is 18.9. The van der Waals surface area contributed by atoms with Gasteiger partial charge in [-0.1, -0.05) is 11.6 Å². The Morgan fingerprint density at radius 1 is 1.41 bits per heavy atom. The lowest BCUT2D eigenvalue weighted by molar-refractivity contribution is -0.0807. The van der Waals surface area contributed by atoms with Crippen molar-refractivity contribution < 1.29 is 9.47 Å². The molecule has 0 amide bonds. The molecule has 1 aliphatic rings. The van der Waals surface area contributed by atoms with Crippen LogP contribution in [0.5, 0.6) is 0 Å². The molecule has 0 radical (unpaired) electrons. The molecule has 2 rings (SSSR count). The summed E-state index contributed by atoms with van der Waals surface area (Å²) in [5.74, 6) is 0.706. The molecule has 0 aliphatic carbocycles. The first-order valence-electron chi connectivity index (χ1n) is 5.58. The van der Waals surface area contributed by atoms with E-state index in [4.69, 9.17) is 21.1 Å². The highest BCUT2D eigenvalue weighted by atomic mass is 35.5. The average molecular weight is 258 g/mol. The molecule has 1 aromatic rings. The molecule has 5 nitrogen and oxygen atoms in total. The van der Waals surface area contributed by atoms with Gasteiger partial charge in [-0.25, -0.2) is 9.97 Å². The molecular weight excluding hydrogens is 242 g/mol. The first kappa shape index (κ1) is 12.5. The van der Waals surface area contributed by atoms with Gasteiger partial charge >= 0.3 is 0 Å². The van der Waals surface area contributed by atoms with Crippen LogP contribution in [0.1, 0.15) is 12.8 Å². The Morgan fingerprint density at radius 3 is 2.76 bits per heavy atom. The van der Waals surface area contributed by atoms with Gasteiger partial charge in [-0.05, 0) is 0 Å². The fourth-order valence-corrected chi connectivity index (χ4v) is 1.95. The van der Waals surface area contributed by atoms with Crippen LogP contribution in [-0.4, -0.2) is 42.4 Å². The van der Waals surface area contributed by atoms with E-state index in [2.05, 4.69) is 15.3 Å². The molecule has 1 aliphatic heterocycles. The Bertz CT molecular complexity index is 352. The van der Waals surface area contributed by atoms with Crippen molar-refractivity contribution in [2.75, 3.05) is 32.2 Å². The van der Waals surface area contributed by atoms with Gasteiger partial charge in [-0.3, -0.25) is 0 Å². The van der Waals surface area contributed by atoms with Crippen LogP contribution in [0, 0.1) is 0 Å². The van der Waals surface area contributed by atoms with Crippen LogP contribution in [0.4, 0.5) is 5.82 Å². The number of nitrogens with zero attached hydrogens (tertiary/aromatic N) is 2. The van der Waals surface area contributed by atoms with Crippen LogP contribution in [0.15, 0.2) is 12.4 Å². The average Bonchev–Trinajstić information content (AvgIpc) is 2.39. The van der Waals surface area contributed by atoms with Crippen molar-refractivity contribution in [2.45, 2.75) is 18.4 Å². The van der Waals surface area contributed by atoms with Crippen LogP contribution in [0.3, 0.4) is 0 Å². The summed E-state index contributed by atoms with van der Waals surface area (Å²) in [6, 6.07) is 0. The number of hydrogen-bond donors (Lipinski definition) is 1. The van der Waals surface area contributed by atoms with E-state index in [0.717, 1.165) is 26.1 Å². The summed E-state index contributed by atoms with van der Waals surface area (Å²) in [7, 11) is 1.74. The maximum atomic E-state index is 5.67.